The number of ether oxygens (including phenoxy) is 1. The molecule has 0 aliphatic heterocycles. The van der Waals surface area contributed by atoms with Gasteiger partial charge < -0.3 is 15.0 Å². The summed E-state index contributed by atoms with van der Waals surface area (Å²) in [6.07, 6.45) is 3.24. The van der Waals surface area contributed by atoms with E-state index in [2.05, 4.69) is 21.2 Å². The van der Waals surface area contributed by atoms with Crippen molar-refractivity contribution in [2.45, 2.75) is 52.1 Å². The van der Waals surface area contributed by atoms with Gasteiger partial charge >= 0.3 is 0 Å². The molecule has 2 aromatic rings. The van der Waals surface area contributed by atoms with Gasteiger partial charge in [0.15, 0.2) is 0 Å². The highest BCUT2D eigenvalue weighted by atomic mass is 79.9. The second-order valence-corrected chi connectivity index (χ2v) is 12.0. The Balaban J connectivity index is 2.17. The Morgan fingerprint density at radius 3 is 2.49 bits per heavy atom. The Hall–Kier alpha value is -2.30. The molecule has 0 aliphatic rings. The average Bonchev–Trinajstić information content (AvgIpc) is 2.84. The van der Waals surface area contributed by atoms with Gasteiger partial charge in [0.25, 0.3) is 0 Å². The van der Waals surface area contributed by atoms with Gasteiger partial charge in [0.05, 0.1) is 24.1 Å². The molecule has 2 rings (SSSR count). The summed E-state index contributed by atoms with van der Waals surface area (Å²) in [4.78, 5) is 27.7. The molecule has 0 saturated carbocycles. The molecule has 1 atom stereocenters. The molecular formula is C26H35BrClN3O5S. The number of benzene rings is 2. The van der Waals surface area contributed by atoms with Crippen LogP contribution in [0.3, 0.4) is 0 Å². The van der Waals surface area contributed by atoms with Gasteiger partial charge in [0.2, 0.25) is 21.8 Å². The number of hydrogen-bond donors (Lipinski definition) is 1. The highest BCUT2D eigenvalue weighted by Gasteiger charge is 2.26. The molecule has 0 aliphatic carbocycles. The van der Waals surface area contributed by atoms with Gasteiger partial charge in [-0.3, -0.25) is 13.9 Å². The van der Waals surface area contributed by atoms with E-state index in [-0.39, 0.29) is 42.8 Å². The van der Waals surface area contributed by atoms with E-state index in [0.29, 0.717) is 18.0 Å². The largest absolute Gasteiger partial charge is 0.495 e. The second-order valence-electron chi connectivity index (χ2n) is 8.73. The smallest absolute Gasteiger partial charge is 0.242 e. The minimum Gasteiger partial charge on any atom is -0.495 e. The summed E-state index contributed by atoms with van der Waals surface area (Å²) in [6, 6.07) is 11.6. The number of sulfonamides is 1. The molecule has 0 aromatic heterocycles. The highest BCUT2D eigenvalue weighted by molar-refractivity contribution is 9.10. The predicted octanol–water partition coefficient (Wildman–Crippen LogP) is 4.99. The lowest BCUT2D eigenvalue weighted by Gasteiger charge is -2.29. The van der Waals surface area contributed by atoms with Crippen molar-refractivity contribution in [2.24, 2.45) is 0 Å². The molecule has 2 aromatic carbocycles. The minimum absolute atomic E-state index is 0.0660. The quantitative estimate of drug-likeness (QED) is 0.302. The fraction of sp³-hybridized carbons (Fsp3) is 0.462. The molecule has 0 bridgehead atoms. The topological polar surface area (TPSA) is 96.0 Å². The van der Waals surface area contributed by atoms with Crippen molar-refractivity contribution in [1.29, 1.82) is 0 Å². The van der Waals surface area contributed by atoms with Gasteiger partial charge in [-0.25, -0.2) is 8.42 Å². The van der Waals surface area contributed by atoms with Gasteiger partial charge in [0.1, 0.15) is 11.8 Å². The van der Waals surface area contributed by atoms with Gasteiger partial charge in [0, 0.05) is 30.5 Å². The van der Waals surface area contributed by atoms with Gasteiger partial charge in [-0.15, -0.1) is 0 Å². The van der Waals surface area contributed by atoms with E-state index in [4.69, 9.17) is 16.3 Å². The lowest BCUT2D eigenvalue weighted by Crippen LogP contribution is -2.48. The molecule has 11 heteroatoms. The minimum atomic E-state index is -3.63. The molecule has 1 N–H and O–H groups in total. The van der Waals surface area contributed by atoms with Crippen molar-refractivity contribution in [3.63, 3.8) is 0 Å². The first kappa shape index (κ1) is 30.9. The normalized spacial score (nSPS) is 12.1. The van der Waals surface area contributed by atoms with Crippen molar-refractivity contribution in [1.82, 2.24) is 10.2 Å². The first-order valence-electron chi connectivity index (χ1n) is 12.1. The molecule has 204 valence electrons. The number of nitrogens with one attached hydrogen (secondary N) is 1. The van der Waals surface area contributed by atoms with E-state index >= 15 is 0 Å². The number of carbonyl (C=O) groups excluding carboxylic acids is 2. The molecule has 0 fully saturated rings. The molecule has 0 heterocycles. The van der Waals surface area contributed by atoms with Crippen molar-refractivity contribution < 1.29 is 22.7 Å². The summed E-state index contributed by atoms with van der Waals surface area (Å²) in [5, 5.41) is 3.18. The van der Waals surface area contributed by atoms with Crippen LogP contribution >= 0.6 is 27.5 Å². The van der Waals surface area contributed by atoms with Gasteiger partial charge in [-0.2, -0.15) is 0 Å². The Kier molecular flexibility index (Phi) is 12.2. The molecule has 0 unspecified atom stereocenters. The van der Waals surface area contributed by atoms with Crippen LogP contribution in [0, 0.1) is 0 Å². The van der Waals surface area contributed by atoms with Crippen molar-refractivity contribution in [3.8, 4) is 5.75 Å². The van der Waals surface area contributed by atoms with Crippen molar-refractivity contribution in [3.05, 3.63) is 57.5 Å². The van der Waals surface area contributed by atoms with E-state index in [1.807, 2.05) is 31.2 Å². The summed E-state index contributed by atoms with van der Waals surface area (Å²) >= 11 is 9.65. The zero-order chi connectivity index (χ0) is 27.6. The lowest BCUT2D eigenvalue weighted by molar-refractivity contribution is -0.140. The number of carbonyl (C=O) groups is 2. The molecule has 8 nitrogen and oxygen atoms in total. The average molecular weight is 617 g/mol. The third-order valence-electron chi connectivity index (χ3n) is 5.81. The highest BCUT2D eigenvalue weighted by Crippen LogP contribution is 2.30. The second kappa shape index (κ2) is 14.6. The third-order valence-corrected chi connectivity index (χ3v) is 7.80. The van der Waals surface area contributed by atoms with E-state index in [1.165, 1.54) is 22.4 Å². The summed E-state index contributed by atoms with van der Waals surface area (Å²) in [7, 11) is -2.15. The summed E-state index contributed by atoms with van der Waals surface area (Å²) in [5.74, 6) is -0.0230. The molecule has 0 spiro atoms. The van der Waals surface area contributed by atoms with E-state index in [1.54, 1.807) is 19.1 Å². The maximum absolute atomic E-state index is 13.3. The Morgan fingerprint density at radius 1 is 1.16 bits per heavy atom. The number of amides is 2. The van der Waals surface area contributed by atoms with Crippen LogP contribution in [0.25, 0.3) is 0 Å². The van der Waals surface area contributed by atoms with Crippen molar-refractivity contribution in [2.75, 3.05) is 30.8 Å². The zero-order valence-corrected chi connectivity index (χ0v) is 24.8. The monoisotopic (exact) mass is 615 g/mol. The molecule has 0 radical (unpaired) electrons. The maximum atomic E-state index is 13.3. The molecule has 37 heavy (non-hydrogen) atoms. The number of anilines is 1. The van der Waals surface area contributed by atoms with E-state index in [9.17, 15) is 18.0 Å². The van der Waals surface area contributed by atoms with E-state index in [0.717, 1.165) is 29.1 Å². The number of halogens is 2. The Labute approximate surface area is 233 Å². The van der Waals surface area contributed by atoms with Crippen LogP contribution in [0.5, 0.6) is 5.75 Å². The van der Waals surface area contributed by atoms with Crippen LogP contribution in [-0.2, 0) is 26.2 Å². The van der Waals surface area contributed by atoms with E-state index < -0.39 is 16.1 Å². The summed E-state index contributed by atoms with van der Waals surface area (Å²) in [6.45, 7) is 4.63. The fourth-order valence-electron chi connectivity index (χ4n) is 3.77. The molecular weight excluding hydrogens is 582 g/mol. The lowest BCUT2D eigenvalue weighted by atomic mass is 10.1. The van der Waals surface area contributed by atoms with Crippen molar-refractivity contribution >= 4 is 55.1 Å². The molecule has 0 saturated heterocycles. The van der Waals surface area contributed by atoms with Gasteiger partial charge in [-0.1, -0.05) is 53.0 Å². The van der Waals surface area contributed by atoms with Crippen LogP contribution in [0.1, 0.15) is 45.1 Å². The zero-order valence-electron chi connectivity index (χ0n) is 21.7. The van der Waals surface area contributed by atoms with Crippen LogP contribution in [-0.4, -0.2) is 57.6 Å². The van der Waals surface area contributed by atoms with Crippen LogP contribution < -0.4 is 14.4 Å². The first-order chi connectivity index (χ1) is 17.5. The fourth-order valence-corrected chi connectivity index (χ4v) is 5.42. The Morgan fingerprint density at radius 2 is 1.89 bits per heavy atom. The molecule has 2 amide bonds. The maximum Gasteiger partial charge on any atom is 0.242 e. The number of nitrogens with zero attached hydrogens (tertiary/aromatic N) is 2. The third kappa shape index (κ3) is 9.50. The van der Waals surface area contributed by atoms with Crippen LogP contribution in [0.2, 0.25) is 5.02 Å². The van der Waals surface area contributed by atoms with Crippen LogP contribution in [0.4, 0.5) is 5.69 Å². The number of unbranched alkanes of at least 4 members (excludes halogenated alkanes) is 1. The summed E-state index contributed by atoms with van der Waals surface area (Å²) < 4.78 is 32.2. The Bertz CT molecular complexity index is 1180. The number of rotatable bonds is 14. The standard InChI is InChI=1S/C26H35BrClN3O5S/c1-5-6-14-29-26(33)19(2)30(18-20-9-7-10-21(27)16-20)25(32)11-8-15-31(37(4,34)35)22-12-13-24(36-3)23(28)17-22/h7,9-10,12-13,16-17,19H,5-6,8,11,14-15,18H2,1-4H3,(H,29,33)/t19-/m0/s1. The summed E-state index contributed by atoms with van der Waals surface area (Å²) in [5.41, 5.74) is 1.26. The number of hydrogen-bond acceptors (Lipinski definition) is 5. The first-order valence-corrected chi connectivity index (χ1v) is 15.1. The van der Waals surface area contributed by atoms with Gasteiger partial charge in [-0.05, 0) is 55.7 Å². The van der Waals surface area contributed by atoms with Crippen LogP contribution in [0.15, 0.2) is 46.9 Å². The SMILES string of the molecule is CCCCNC(=O)[C@H](C)N(Cc1cccc(Br)c1)C(=O)CCCN(c1ccc(OC)c(Cl)c1)S(C)(=O)=O. The number of methoxy groups -OCH3 is 1. The predicted molar refractivity (Wildman–Crippen MR) is 151 cm³/mol.